The zero-order chi connectivity index (χ0) is 38.5. The molecule has 3 aromatic heterocycles. The summed E-state index contributed by atoms with van der Waals surface area (Å²) in [5.41, 5.74) is 11.8. The molecular weight excluding hydrogens is 713 g/mol. The van der Waals surface area contributed by atoms with Crippen molar-refractivity contribution < 1.29 is 14.7 Å². The van der Waals surface area contributed by atoms with Gasteiger partial charge in [-0.25, -0.2) is 14.8 Å². The van der Waals surface area contributed by atoms with Gasteiger partial charge in [0.2, 0.25) is 17.8 Å². The molecule has 4 N–H and O–H groups in total. The van der Waals surface area contributed by atoms with Crippen LogP contribution in [0.3, 0.4) is 0 Å². The summed E-state index contributed by atoms with van der Waals surface area (Å²) in [6.45, 7) is 6.22. The number of phenolic OH excluding ortho intramolecular Hbond substituents is 1. The molecule has 290 valence electrons. The number of imide groups is 1. The number of amides is 2. The van der Waals surface area contributed by atoms with E-state index in [1.54, 1.807) is 23.7 Å². The second-order valence-electron chi connectivity index (χ2n) is 15.4. The number of para-hydroxylation sites is 1. The van der Waals surface area contributed by atoms with E-state index < -0.39 is 11.9 Å². The van der Waals surface area contributed by atoms with Crippen LogP contribution < -0.4 is 31.4 Å². The van der Waals surface area contributed by atoms with E-state index in [-0.39, 0.29) is 35.9 Å². The number of aromatic hydroxyl groups is 1. The van der Waals surface area contributed by atoms with Gasteiger partial charge in [0.05, 0.1) is 40.5 Å². The van der Waals surface area contributed by atoms with Gasteiger partial charge in [-0.3, -0.25) is 28.9 Å². The molecule has 5 aromatic rings. The lowest BCUT2D eigenvalue weighted by Crippen LogP contribution is -2.54. The van der Waals surface area contributed by atoms with Crippen molar-refractivity contribution in [2.24, 2.45) is 7.05 Å². The van der Waals surface area contributed by atoms with Gasteiger partial charge in [-0.05, 0) is 74.5 Å². The minimum absolute atomic E-state index is 0.158. The topological polar surface area (TPSA) is 184 Å². The van der Waals surface area contributed by atoms with E-state index in [1.165, 1.54) is 4.57 Å². The normalized spacial score (nSPS) is 21.6. The van der Waals surface area contributed by atoms with Gasteiger partial charge in [-0.15, -0.1) is 10.2 Å². The fourth-order valence-corrected chi connectivity index (χ4v) is 9.03. The van der Waals surface area contributed by atoms with E-state index in [2.05, 4.69) is 41.2 Å². The molecule has 2 amide bonds. The van der Waals surface area contributed by atoms with Crippen LogP contribution in [0.4, 0.5) is 23.1 Å². The van der Waals surface area contributed by atoms with E-state index in [0.717, 1.165) is 99.9 Å². The van der Waals surface area contributed by atoms with Crippen LogP contribution in [0.5, 0.6) is 5.75 Å². The Balaban J connectivity index is 0.777. The molecule has 4 fully saturated rings. The predicted molar refractivity (Wildman–Crippen MR) is 213 cm³/mol. The molecule has 4 aliphatic heterocycles. The van der Waals surface area contributed by atoms with Crippen LogP contribution in [0.1, 0.15) is 43.7 Å². The molecule has 2 bridgehead atoms. The fraction of sp³-hybridized carbons (Fsp3) is 0.425. The highest BCUT2D eigenvalue weighted by molar-refractivity contribution is 6.00. The quantitative estimate of drug-likeness (QED) is 0.187. The first-order valence-electron chi connectivity index (χ1n) is 19.5. The highest BCUT2D eigenvalue weighted by Gasteiger charge is 2.42. The third kappa shape index (κ3) is 6.56. The largest absolute Gasteiger partial charge is 0.507 e. The maximum absolute atomic E-state index is 13.1. The summed E-state index contributed by atoms with van der Waals surface area (Å²) in [6.07, 6.45) is 8.43. The molecule has 0 spiro atoms. The van der Waals surface area contributed by atoms with Gasteiger partial charge in [0, 0.05) is 70.4 Å². The molecule has 0 aliphatic carbocycles. The number of piperazine rings is 2. The number of phenols is 1. The Bertz CT molecular complexity index is 2340. The number of anilines is 4. The molecule has 0 radical (unpaired) electrons. The van der Waals surface area contributed by atoms with Crippen LogP contribution in [0, 0.1) is 0 Å². The lowest BCUT2D eigenvalue weighted by Gasteiger charge is -2.42. The SMILES string of the molecule is Cn1c(=O)n(C2CCC(=O)NC2=O)c2ccc(CCCN3CCN(c4cnc(N5C6CCC5CN(c5cc(-c7ccccc7O)nnc5N)C6)nc4)CC3)cc21. The number of nitrogen functional groups attached to an aromatic ring is 1. The fourth-order valence-electron chi connectivity index (χ4n) is 9.03. The van der Waals surface area contributed by atoms with Crippen molar-refractivity contribution in [3.8, 4) is 17.0 Å². The van der Waals surface area contributed by atoms with Gasteiger partial charge in [0.1, 0.15) is 11.8 Å². The summed E-state index contributed by atoms with van der Waals surface area (Å²) in [5, 5.41) is 21.3. The summed E-state index contributed by atoms with van der Waals surface area (Å²) in [6, 6.07) is 14.9. The van der Waals surface area contributed by atoms with Crippen LogP contribution in [0.2, 0.25) is 0 Å². The number of hydrogen-bond acceptors (Lipinski definition) is 13. The van der Waals surface area contributed by atoms with Crippen molar-refractivity contribution in [3.63, 3.8) is 0 Å². The highest BCUT2D eigenvalue weighted by atomic mass is 16.3. The summed E-state index contributed by atoms with van der Waals surface area (Å²) >= 11 is 0. The standard InChI is InChI=1S/C40H46N12O4/c1-47-33-19-25(8-11-31(33)52(40(47)56)32-12-13-36(54)44-38(32)55)5-4-14-48-15-17-49(18-16-48)28-21-42-39(43-22-28)51-26-9-10-27(51)24-50(23-26)34-20-30(45-46-37(34)41)29-6-2-3-7-35(29)53/h2-3,6-8,11,19-22,26-27,32,53H,4-5,9-10,12-18,23-24H2,1H3,(H2,41,46)(H,44,54,55). The van der Waals surface area contributed by atoms with Crippen LogP contribution in [-0.4, -0.2) is 109 Å². The first kappa shape index (κ1) is 35.7. The van der Waals surface area contributed by atoms with Gasteiger partial charge in [0.15, 0.2) is 5.82 Å². The number of fused-ring (bicyclic) bond motifs is 3. The molecule has 56 heavy (non-hydrogen) atoms. The Labute approximate surface area is 323 Å². The number of carbonyl (C=O) groups is 2. The molecule has 2 aromatic carbocycles. The first-order chi connectivity index (χ1) is 27.2. The molecule has 7 heterocycles. The summed E-state index contributed by atoms with van der Waals surface area (Å²) in [5.74, 6) is 0.586. The van der Waals surface area contributed by atoms with Crippen LogP contribution in [0.25, 0.3) is 22.3 Å². The number of nitrogens with two attached hydrogens (primary N) is 1. The number of rotatable bonds is 9. The molecule has 0 saturated carbocycles. The number of nitrogens with one attached hydrogen (secondary N) is 1. The van der Waals surface area contributed by atoms with Crippen molar-refractivity contribution in [1.82, 2.24) is 39.5 Å². The summed E-state index contributed by atoms with van der Waals surface area (Å²) in [4.78, 5) is 56.6. The van der Waals surface area contributed by atoms with Gasteiger partial charge in [0.25, 0.3) is 0 Å². The third-order valence-corrected chi connectivity index (χ3v) is 12.0. The Morgan fingerprint density at radius 3 is 2.36 bits per heavy atom. The van der Waals surface area contributed by atoms with E-state index in [0.29, 0.717) is 29.0 Å². The first-order valence-corrected chi connectivity index (χ1v) is 19.5. The third-order valence-electron chi connectivity index (χ3n) is 12.0. The Kier molecular flexibility index (Phi) is 9.27. The predicted octanol–water partition coefficient (Wildman–Crippen LogP) is 2.46. The molecular formula is C40H46N12O4. The monoisotopic (exact) mass is 758 g/mol. The zero-order valence-corrected chi connectivity index (χ0v) is 31.4. The number of nitrogens with zero attached hydrogens (tertiary/aromatic N) is 10. The minimum atomic E-state index is -0.680. The van der Waals surface area contributed by atoms with E-state index >= 15 is 0 Å². The van der Waals surface area contributed by atoms with Crippen LogP contribution in [-0.2, 0) is 23.1 Å². The van der Waals surface area contributed by atoms with E-state index in [9.17, 15) is 19.5 Å². The lowest BCUT2D eigenvalue weighted by molar-refractivity contribution is -0.135. The maximum Gasteiger partial charge on any atom is 0.329 e. The molecule has 9 rings (SSSR count). The number of imidazole rings is 1. The van der Waals surface area contributed by atoms with Gasteiger partial charge in [-0.2, -0.15) is 0 Å². The van der Waals surface area contributed by atoms with Gasteiger partial charge >= 0.3 is 5.69 Å². The average Bonchev–Trinajstić information content (AvgIpc) is 3.61. The van der Waals surface area contributed by atoms with Crippen molar-refractivity contribution in [3.05, 3.63) is 77.0 Å². The molecule has 16 heteroatoms. The molecule has 3 atom stereocenters. The van der Waals surface area contributed by atoms with Crippen molar-refractivity contribution in [2.75, 3.05) is 66.2 Å². The van der Waals surface area contributed by atoms with Crippen molar-refractivity contribution in [1.29, 1.82) is 0 Å². The van der Waals surface area contributed by atoms with Crippen LogP contribution in [0.15, 0.2) is 65.7 Å². The van der Waals surface area contributed by atoms with E-state index in [4.69, 9.17) is 15.7 Å². The second kappa shape index (κ2) is 14.6. The number of benzene rings is 2. The Morgan fingerprint density at radius 1 is 0.875 bits per heavy atom. The van der Waals surface area contributed by atoms with Gasteiger partial charge < -0.3 is 25.5 Å². The maximum atomic E-state index is 13.1. The molecule has 3 unspecified atom stereocenters. The summed E-state index contributed by atoms with van der Waals surface area (Å²) < 4.78 is 3.12. The highest BCUT2D eigenvalue weighted by Crippen LogP contribution is 2.38. The average molecular weight is 759 g/mol. The van der Waals surface area contributed by atoms with Gasteiger partial charge in [-0.1, -0.05) is 18.2 Å². The molecule has 4 saturated heterocycles. The number of piperidine rings is 1. The minimum Gasteiger partial charge on any atom is -0.507 e. The van der Waals surface area contributed by atoms with Crippen molar-refractivity contribution >= 4 is 46.0 Å². The zero-order valence-electron chi connectivity index (χ0n) is 31.4. The number of aromatic nitrogens is 6. The van der Waals surface area contributed by atoms with E-state index in [1.807, 2.05) is 42.7 Å². The number of carbonyl (C=O) groups excluding carboxylic acids is 2. The van der Waals surface area contributed by atoms with Crippen LogP contribution >= 0.6 is 0 Å². The Hall–Kier alpha value is -6.03. The lowest BCUT2D eigenvalue weighted by atomic mass is 10.1. The molecule has 4 aliphatic rings. The second-order valence-corrected chi connectivity index (χ2v) is 15.4. The molecule has 16 nitrogen and oxygen atoms in total. The smallest absolute Gasteiger partial charge is 0.329 e. The Morgan fingerprint density at radius 2 is 1.62 bits per heavy atom. The summed E-state index contributed by atoms with van der Waals surface area (Å²) in [7, 11) is 1.73. The number of aryl methyl sites for hydroxylation is 2. The number of hydrogen-bond donors (Lipinski definition) is 3. The van der Waals surface area contributed by atoms with Crippen molar-refractivity contribution in [2.45, 2.75) is 56.7 Å².